The zero-order chi connectivity index (χ0) is 31.3. The molecule has 0 radical (unpaired) electrons. The van der Waals surface area contributed by atoms with E-state index in [2.05, 4.69) is 15.9 Å². The summed E-state index contributed by atoms with van der Waals surface area (Å²) in [4.78, 5) is 22.5. The van der Waals surface area contributed by atoms with Gasteiger partial charge in [0.25, 0.3) is 0 Å². The van der Waals surface area contributed by atoms with Gasteiger partial charge in [0, 0.05) is 65.6 Å². The average molecular weight is 644 g/mol. The van der Waals surface area contributed by atoms with Crippen LogP contribution in [0.5, 0.6) is 11.5 Å². The number of thiazole rings is 1. The van der Waals surface area contributed by atoms with Crippen LogP contribution in [0.4, 0.5) is 18.9 Å². The fraction of sp³-hybridized carbons (Fsp3) is 0.312. The highest BCUT2D eigenvalue weighted by Crippen LogP contribution is 2.36. The number of methoxy groups -OCH3 is 1. The Labute approximate surface area is 262 Å². The number of nitrogens with zero attached hydrogens (tertiary/aromatic N) is 3. The van der Waals surface area contributed by atoms with Crippen molar-refractivity contribution in [2.24, 2.45) is 0 Å². The summed E-state index contributed by atoms with van der Waals surface area (Å²) in [5.74, 6) is 0.939. The number of aryl methyl sites for hydroxylation is 1. The Hall–Kier alpha value is -3.74. The van der Waals surface area contributed by atoms with Crippen LogP contribution in [-0.4, -0.2) is 60.9 Å². The van der Waals surface area contributed by atoms with Crippen LogP contribution >= 0.6 is 23.1 Å². The van der Waals surface area contributed by atoms with Crippen molar-refractivity contribution in [1.29, 1.82) is 0 Å². The lowest BCUT2D eigenvalue weighted by atomic mass is 10.1. The molecule has 0 atom stereocenters. The van der Waals surface area contributed by atoms with Gasteiger partial charge in [-0.15, -0.1) is 23.1 Å². The van der Waals surface area contributed by atoms with Gasteiger partial charge in [-0.2, -0.15) is 13.2 Å². The van der Waals surface area contributed by atoms with Crippen molar-refractivity contribution in [3.05, 3.63) is 88.4 Å². The van der Waals surface area contributed by atoms with Gasteiger partial charge in [0.05, 0.1) is 18.4 Å². The first-order chi connectivity index (χ1) is 21.1. The van der Waals surface area contributed by atoms with E-state index in [0.29, 0.717) is 28.6 Å². The molecule has 232 valence electrons. The van der Waals surface area contributed by atoms with Crippen LogP contribution in [0.2, 0.25) is 0 Å². The van der Waals surface area contributed by atoms with Gasteiger partial charge in [0.1, 0.15) is 16.5 Å². The molecule has 1 aliphatic rings. The number of carboxylic acid groups (broad SMARTS) is 1. The molecule has 12 heteroatoms. The molecule has 1 aromatic heterocycles. The molecule has 0 bridgehead atoms. The van der Waals surface area contributed by atoms with Gasteiger partial charge in [-0.1, -0.05) is 18.2 Å². The van der Waals surface area contributed by atoms with Crippen molar-refractivity contribution in [2.75, 3.05) is 44.8 Å². The number of piperazine rings is 1. The minimum absolute atomic E-state index is 0.405. The molecule has 3 aromatic carbocycles. The number of carbonyl (C=O) groups is 1. The molecule has 4 aromatic rings. The third kappa shape index (κ3) is 8.04. The maximum Gasteiger partial charge on any atom is 0.416 e. The minimum Gasteiger partial charge on any atom is -0.497 e. The van der Waals surface area contributed by atoms with Crippen molar-refractivity contribution >= 4 is 34.8 Å². The van der Waals surface area contributed by atoms with Crippen LogP contribution in [0.15, 0.2) is 71.6 Å². The Balaban J connectivity index is 1.31. The fourth-order valence-corrected chi connectivity index (χ4v) is 7.06. The molecule has 2 heterocycles. The Morgan fingerprint density at radius 2 is 1.80 bits per heavy atom. The van der Waals surface area contributed by atoms with E-state index < -0.39 is 24.3 Å². The van der Waals surface area contributed by atoms with Gasteiger partial charge in [-0.3, -0.25) is 4.90 Å². The standard InChI is InChI=1S/C32H32F3N3O4S2/c1-21-16-26(10-11-28(21)42-19-30(39)40)43-20-29-27(36-31(44-29)22-6-8-23(9-7-22)32(33,34)35)18-37-12-14-38(15-13-37)24-4-3-5-25(17-24)41-2/h3-11,16-17H,12-15,18-20H2,1-2H3,(H,39,40). The van der Waals surface area contributed by atoms with Gasteiger partial charge >= 0.3 is 12.1 Å². The number of benzene rings is 3. The van der Waals surface area contributed by atoms with Gasteiger partial charge < -0.3 is 19.5 Å². The maximum absolute atomic E-state index is 13.2. The molecule has 1 fully saturated rings. The molecule has 0 spiro atoms. The maximum atomic E-state index is 13.2. The topological polar surface area (TPSA) is 75.1 Å². The predicted molar refractivity (Wildman–Crippen MR) is 167 cm³/mol. The van der Waals surface area contributed by atoms with Gasteiger partial charge in [0.15, 0.2) is 6.61 Å². The molecule has 1 N–H and O–H groups in total. The zero-order valence-corrected chi connectivity index (χ0v) is 25.9. The number of thioether (sulfide) groups is 1. The molecule has 1 saturated heterocycles. The van der Waals surface area contributed by atoms with Crippen LogP contribution in [0.25, 0.3) is 10.6 Å². The third-order valence-corrected chi connectivity index (χ3v) is 9.62. The van der Waals surface area contributed by atoms with E-state index in [0.717, 1.165) is 70.8 Å². The summed E-state index contributed by atoms with van der Waals surface area (Å²) in [5, 5.41) is 9.59. The Bertz CT molecular complexity index is 1590. The molecule has 0 amide bonds. The van der Waals surface area contributed by atoms with Crippen molar-refractivity contribution in [3.63, 3.8) is 0 Å². The van der Waals surface area contributed by atoms with Crippen LogP contribution in [0.3, 0.4) is 0 Å². The Morgan fingerprint density at radius 3 is 2.45 bits per heavy atom. The number of hydrogen-bond donors (Lipinski definition) is 1. The van der Waals surface area contributed by atoms with Crippen molar-refractivity contribution in [2.45, 2.75) is 30.3 Å². The van der Waals surface area contributed by atoms with Crippen molar-refractivity contribution in [1.82, 2.24) is 9.88 Å². The van der Waals surface area contributed by atoms with E-state index in [9.17, 15) is 18.0 Å². The average Bonchev–Trinajstić information content (AvgIpc) is 3.42. The van der Waals surface area contributed by atoms with Gasteiger partial charge in [0.2, 0.25) is 0 Å². The zero-order valence-electron chi connectivity index (χ0n) is 24.3. The highest BCUT2D eigenvalue weighted by atomic mass is 32.2. The molecule has 5 rings (SSSR count). The smallest absolute Gasteiger partial charge is 0.416 e. The number of anilines is 1. The highest BCUT2D eigenvalue weighted by Gasteiger charge is 2.30. The summed E-state index contributed by atoms with van der Waals surface area (Å²) < 4.78 is 50.2. The van der Waals surface area contributed by atoms with E-state index in [1.165, 1.54) is 23.5 Å². The van der Waals surface area contributed by atoms with E-state index in [4.69, 9.17) is 19.6 Å². The lowest BCUT2D eigenvalue weighted by Crippen LogP contribution is -2.46. The molecule has 44 heavy (non-hydrogen) atoms. The molecule has 0 saturated carbocycles. The number of ether oxygens (including phenoxy) is 2. The fourth-order valence-electron chi connectivity index (χ4n) is 4.89. The molecular weight excluding hydrogens is 611 g/mol. The molecular formula is C32H32F3N3O4S2. The summed E-state index contributed by atoms with van der Waals surface area (Å²) in [7, 11) is 1.66. The monoisotopic (exact) mass is 643 g/mol. The second kappa shape index (κ2) is 13.9. The van der Waals surface area contributed by atoms with Crippen LogP contribution in [0.1, 0.15) is 21.7 Å². The molecule has 7 nitrogen and oxygen atoms in total. The lowest BCUT2D eigenvalue weighted by molar-refractivity contribution is -0.139. The quantitative estimate of drug-likeness (QED) is 0.172. The predicted octanol–water partition coefficient (Wildman–Crippen LogP) is 7.22. The first-order valence-electron chi connectivity index (χ1n) is 13.9. The summed E-state index contributed by atoms with van der Waals surface area (Å²) in [6.07, 6.45) is -4.40. The second-order valence-corrected chi connectivity index (χ2v) is 12.5. The number of alkyl halides is 3. The number of halogens is 3. The van der Waals surface area contributed by atoms with Crippen molar-refractivity contribution < 1.29 is 32.5 Å². The lowest BCUT2D eigenvalue weighted by Gasteiger charge is -2.36. The molecule has 0 aliphatic carbocycles. The van der Waals surface area contributed by atoms with E-state index in [1.807, 2.05) is 37.3 Å². The first-order valence-corrected chi connectivity index (χ1v) is 15.7. The Kier molecular flexibility index (Phi) is 10.0. The van der Waals surface area contributed by atoms with Crippen LogP contribution < -0.4 is 14.4 Å². The van der Waals surface area contributed by atoms with Gasteiger partial charge in [-0.05, 0) is 55.0 Å². The van der Waals surface area contributed by atoms with Gasteiger partial charge in [-0.25, -0.2) is 9.78 Å². The summed E-state index contributed by atoms with van der Waals surface area (Å²) in [6, 6.07) is 18.8. The minimum atomic E-state index is -4.40. The number of carboxylic acids is 1. The number of aliphatic carboxylic acids is 1. The van der Waals surface area contributed by atoms with Crippen LogP contribution in [-0.2, 0) is 23.3 Å². The number of aromatic nitrogens is 1. The second-order valence-electron chi connectivity index (χ2n) is 10.3. The molecule has 0 unspecified atom stereocenters. The summed E-state index contributed by atoms with van der Waals surface area (Å²) in [5.41, 5.74) is 2.84. The van der Waals surface area contributed by atoms with E-state index in [1.54, 1.807) is 24.9 Å². The normalized spacial score (nSPS) is 14.1. The largest absolute Gasteiger partial charge is 0.497 e. The highest BCUT2D eigenvalue weighted by molar-refractivity contribution is 7.98. The first kappa shape index (κ1) is 31.7. The molecule has 1 aliphatic heterocycles. The SMILES string of the molecule is COc1cccc(N2CCN(Cc3nc(-c4ccc(C(F)(F)F)cc4)sc3CSc3ccc(OCC(=O)O)c(C)c3)CC2)c1. The van der Waals surface area contributed by atoms with Crippen LogP contribution in [0, 0.1) is 6.92 Å². The number of hydrogen-bond acceptors (Lipinski definition) is 8. The van der Waals surface area contributed by atoms with E-state index >= 15 is 0 Å². The summed E-state index contributed by atoms with van der Waals surface area (Å²) >= 11 is 3.12. The van der Waals surface area contributed by atoms with E-state index in [-0.39, 0.29) is 0 Å². The Morgan fingerprint density at radius 1 is 1.05 bits per heavy atom. The van der Waals surface area contributed by atoms with Crippen molar-refractivity contribution in [3.8, 4) is 22.1 Å². The number of rotatable bonds is 11. The summed E-state index contributed by atoms with van der Waals surface area (Å²) in [6.45, 7) is 5.48. The third-order valence-electron chi connectivity index (χ3n) is 7.27.